The van der Waals surface area contributed by atoms with Crippen molar-refractivity contribution < 1.29 is 9.90 Å². The second-order valence-corrected chi connectivity index (χ2v) is 3.96. The van der Waals surface area contributed by atoms with E-state index in [1.54, 1.807) is 12.1 Å². The summed E-state index contributed by atoms with van der Waals surface area (Å²) < 4.78 is 0.791. The van der Waals surface area contributed by atoms with E-state index in [0.717, 1.165) is 10.2 Å². The van der Waals surface area contributed by atoms with Crippen LogP contribution < -0.4 is 5.32 Å². The van der Waals surface area contributed by atoms with E-state index in [0.29, 0.717) is 11.6 Å². The third kappa shape index (κ3) is 3.55. The van der Waals surface area contributed by atoms with Crippen molar-refractivity contribution in [1.29, 1.82) is 0 Å². The Labute approximate surface area is 95.2 Å². The molecule has 0 spiro atoms. The van der Waals surface area contributed by atoms with Crippen LogP contribution in [0.2, 0.25) is 5.02 Å². The number of anilines is 1. The molecule has 1 aromatic rings. The van der Waals surface area contributed by atoms with E-state index >= 15 is 0 Å². The Bertz CT molecular complexity index is 344. The minimum absolute atomic E-state index is 0.0975. The molecule has 76 valence electrons. The molecule has 5 heteroatoms. The Hall–Kier alpha value is -0.740. The number of benzene rings is 1. The molecular weight excluding hydrogens is 269 g/mol. The zero-order valence-electron chi connectivity index (χ0n) is 7.26. The van der Waals surface area contributed by atoms with Gasteiger partial charge in [0.05, 0.1) is 11.4 Å². The molecule has 0 heterocycles. The SMILES string of the molecule is O=C(O)CCNc1ccc(Cl)c(Br)c1. The quantitative estimate of drug-likeness (QED) is 0.890. The van der Waals surface area contributed by atoms with Gasteiger partial charge in [-0.05, 0) is 34.1 Å². The van der Waals surface area contributed by atoms with Crippen LogP contribution in [0.25, 0.3) is 0 Å². The number of carbonyl (C=O) groups is 1. The van der Waals surface area contributed by atoms with E-state index in [1.807, 2.05) is 6.07 Å². The summed E-state index contributed by atoms with van der Waals surface area (Å²) in [5.41, 5.74) is 0.850. The van der Waals surface area contributed by atoms with Gasteiger partial charge in [-0.1, -0.05) is 11.6 Å². The molecule has 0 aliphatic heterocycles. The monoisotopic (exact) mass is 277 g/mol. The normalized spacial score (nSPS) is 9.86. The van der Waals surface area contributed by atoms with Crippen LogP contribution in [0.3, 0.4) is 0 Å². The molecule has 14 heavy (non-hydrogen) atoms. The molecule has 1 rings (SSSR count). The molecule has 3 nitrogen and oxygen atoms in total. The van der Waals surface area contributed by atoms with Crippen molar-refractivity contribution >= 4 is 39.2 Å². The van der Waals surface area contributed by atoms with Gasteiger partial charge in [0, 0.05) is 16.7 Å². The molecule has 0 aromatic heterocycles. The summed E-state index contributed by atoms with van der Waals surface area (Å²) in [4.78, 5) is 10.2. The second kappa shape index (κ2) is 5.22. The smallest absolute Gasteiger partial charge is 0.305 e. The van der Waals surface area contributed by atoms with Crippen molar-refractivity contribution in [2.45, 2.75) is 6.42 Å². The first kappa shape index (κ1) is 11.3. The first-order valence-electron chi connectivity index (χ1n) is 4.00. The number of halogens is 2. The summed E-state index contributed by atoms with van der Waals surface area (Å²) in [6.45, 7) is 0.406. The first-order chi connectivity index (χ1) is 6.59. The summed E-state index contributed by atoms with van der Waals surface area (Å²) in [6.07, 6.45) is 0.0975. The van der Waals surface area contributed by atoms with E-state index in [-0.39, 0.29) is 6.42 Å². The number of carboxylic acids is 1. The van der Waals surface area contributed by atoms with Gasteiger partial charge >= 0.3 is 5.97 Å². The van der Waals surface area contributed by atoms with Crippen molar-refractivity contribution in [2.75, 3.05) is 11.9 Å². The molecule has 1 aromatic carbocycles. The molecule has 2 N–H and O–H groups in total. The van der Waals surface area contributed by atoms with Gasteiger partial charge in [-0.3, -0.25) is 4.79 Å². The largest absolute Gasteiger partial charge is 0.481 e. The van der Waals surface area contributed by atoms with Crippen LogP contribution in [0.4, 0.5) is 5.69 Å². The van der Waals surface area contributed by atoms with Crippen LogP contribution >= 0.6 is 27.5 Å². The van der Waals surface area contributed by atoms with Gasteiger partial charge in [0.1, 0.15) is 0 Å². The minimum Gasteiger partial charge on any atom is -0.481 e. The molecule has 0 saturated carbocycles. The lowest BCUT2D eigenvalue weighted by atomic mass is 10.3. The number of carboxylic acid groups (broad SMARTS) is 1. The van der Waals surface area contributed by atoms with Crippen LogP contribution in [-0.4, -0.2) is 17.6 Å². The fourth-order valence-electron chi connectivity index (χ4n) is 0.920. The van der Waals surface area contributed by atoms with Gasteiger partial charge < -0.3 is 10.4 Å². The molecule has 0 amide bonds. The van der Waals surface area contributed by atoms with E-state index in [4.69, 9.17) is 16.7 Å². The second-order valence-electron chi connectivity index (χ2n) is 2.70. The Morgan fingerprint density at radius 2 is 2.29 bits per heavy atom. The van der Waals surface area contributed by atoms with Crippen molar-refractivity contribution in [3.8, 4) is 0 Å². The fraction of sp³-hybridized carbons (Fsp3) is 0.222. The molecule has 0 aliphatic rings. The lowest BCUT2D eigenvalue weighted by Gasteiger charge is -2.05. The number of aliphatic carboxylic acids is 1. The van der Waals surface area contributed by atoms with Crippen molar-refractivity contribution in [2.24, 2.45) is 0 Å². The molecule has 0 bridgehead atoms. The van der Waals surface area contributed by atoms with E-state index in [2.05, 4.69) is 21.2 Å². The summed E-state index contributed by atoms with van der Waals surface area (Å²) in [5, 5.41) is 12.0. The lowest BCUT2D eigenvalue weighted by Crippen LogP contribution is -2.07. The lowest BCUT2D eigenvalue weighted by molar-refractivity contribution is -0.136. The minimum atomic E-state index is -0.814. The fourth-order valence-corrected chi connectivity index (χ4v) is 1.42. The maximum absolute atomic E-state index is 10.2. The highest BCUT2D eigenvalue weighted by molar-refractivity contribution is 9.10. The zero-order chi connectivity index (χ0) is 10.6. The van der Waals surface area contributed by atoms with Gasteiger partial charge in [-0.25, -0.2) is 0 Å². The third-order valence-corrected chi connectivity index (χ3v) is 2.80. The molecule has 0 aliphatic carbocycles. The van der Waals surface area contributed by atoms with Crippen molar-refractivity contribution in [1.82, 2.24) is 0 Å². The van der Waals surface area contributed by atoms with Gasteiger partial charge in [-0.2, -0.15) is 0 Å². The Morgan fingerprint density at radius 1 is 1.57 bits per heavy atom. The summed E-state index contributed by atoms with van der Waals surface area (Å²) >= 11 is 9.07. The molecular formula is C9H9BrClNO2. The average molecular weight is 279 g/mol. The summed E-state index contributed by atoms with van der Waals surface area (Å²) in [5.74, 6) is -0.814. The third-order valence-electron chi connectivity index (χ3n) is 1.59. The van der Waals surface area contributed by atoms with Gasteiger partial charge in [0.15, 0.2) is 0 Å². The zero-order valence-corrected chi connectivity index (χ0v) is 9.60. The maximum atomic E-state index is 10.2. The van der Waals surface area contributed by atoms with Crippen LogP contribution in [0, 0.1) is 0 Å². The predicted molar refractivity (Wildman–Crippen MR) is 59.9 cm³/mol. The molecule has 0 unspecified atom stereocenters. The number of hydrogen-bond acceptors (Lipinski definition) is 2. The highest BCUT2D eigenvalue weighted by atomic mass is 79.9. The average Bonchev–Trinajstić information content (AvgIpc) is 2.10. The molecule has 0 atom stereocenters. The highest BCUT2D eigenvalue weighted by Gasteiger charge is 1.99. The van der Waals surface area contributed by atoms with Crippen LogP contribution in [0.5, 0.6) is 0 Å². The Morgan fingerprint density at radius 3 is 2.86 bits per heavy atom. The Balaban J connectivity index is 2.51. The molecule has 0 radical (unpaired) electrons. The number of nitrogens with one attached hydrogen (secondary N) is 1. The van der Waals surface area contributed by atoms with Gasteiger partial charge in [0.2, 0.25) is 0 Å². The van der Waals surface area contributed by atoms with Crippen molar-refractivity contribution in [3.05, 3.63) is 27.7 Å². The van der Waals surface area contributed by atoms with Crippen LogP contribution in [0.15, 0.2) is 22.7 Å². The standard InChI is InChI=1S/C9H9BrClNO2/c10-7-5-6(1-2-8(7)11)12-4-3-9(13)14/h1-2,5,12H,3-4H2,(H,13,14). The molecule has 0 fully saturated rings. The van der Waals surface area contributed by atoms with Gasteiger partial charge in [0.25, 0.3) is 0 Å². The first-order valence-corrected chi connectivity index (χ1v) is 5.17. The predicted octanol–water partition coefficient (Wildman–Crippen LogP) is 2.99. The van der Waals surface area contributed by atoms with Crippen molar-refractivity contribution in [3.63, 3.8) is 0 Å². The highest BCUT2D eigenvalue weighted by Crippen LogP contribution is 2.25. The van der Waals surface area contributed by atoms with E-state index in [1.165, 1.54) is 0 Å². The summed E-state index contributed by atoms with van der Waals surface area (Å²) in [7, 11) is 0. The van der Waals surface area contributed by atoms with E-state index < -0.39 is 5.97 Å². The van der Waals surface area contributed by atoms with Crippen LogP contribution in [-0.2, 0) is 4.79 Å². The number of hydrogen-bond donors (Lipinski definition) is 2. The van der Waals surface area contributed by atoms with Gasteiger partial charge in [-0.15, -0.1) is 0 Å². The Kier molecular flexibility index (Phi) is 4.22. The maximum Gasteiger partial charge on any atom is 0.305 e. The number of rotatable bonds is 4. The topological polar surface area (TPSA) is 49.3 Å². The molecule has 0 saturated heterocycles. The van der Waals surface area contributed by atoms with E-state index in [9.17, 15) is 4.79 Å². The summed E-state index contributed by atoms with van der Waals surface area (Å²) in [6, 6.07) is 5.36. The van der Waals surface area contributed by atoms with Crippen LogP contribution in [0.1, 0.15) is 6.42 Å².